The van der Waals surface area contributed by atoms with Crippen molar-refractivity contribution >= 4 is 29.6 Å². The molecule has 2 bridgehead atoms. The van der Waals surface area contributed by atoms with Crippen molar-refractivity contribution in [3.05, 3.63) is 76.8 Å². The van der Waals surface area contributed by atoms with Gasteiger partial charge in [-0.05, 0) is 53.6 Å². The summed E-state index contributed by atoms with van der Waals surface area (Å²) >= 11 is 5.90. The predicted octanol–water partition coefficient (Wildman–Crippen LogP) is 4.06. The SMILES string of the molecule is O=C1[C@@H]2[C@H](C(=O)N1/N=C\c1cccc(OCc3ccc(Cl)cc3)c1)[C@H]1C=C[C@H]2C1. The minimum absolute atomic E-state index is 0.178. The van der Waals surface area contributed by atoms with Gasteiger partial charge in [-0.15, -0.1) is 0 Å². The molecule has 2 aromatic rings. The molecule has 2 aliphatic carbocycles. The van der Waals surface area contributed by atoms with E-state index in [4.69, 9.17) is 16.3 Å². The van der Waals surface area contributed by atoms with Crippen molar-refractivity contribution in [1.82, 2.24) is 5.01 Å². The molecule has 0 unspecified atom stereocenters. The molecule has 1 saturated heterocycles. The van der Waals surface area contributed by atoms with E-state index in [1.807, 2.05) is 48.5 Å². The largest absolute Gasteiger partial charge is 0.489 e. The van der Waals surface area contributed by atoms with Gasteiger partial charge in [-0.1, -0.05) is 48.0 Å². The summed E-state index contributed by atoms with van der Waals surface area (Å²) in [7, 11) is 0. The van der Waals surface area contributed by atoms with E-state index >= 15 is 0 Å². The number of benzene rings is 2. The summed E-state index contributed by atoms with van der Waals surface area (Å²) in [6, 6.07) is 14.9. The minimum atomic E-state index is -0.233. The molecule has 0 spiro atoms. The number of carbonyl (C=O) groups excluding carboxylic acids is 2. The van der Waals surface area contributed by atoms with Gasteiger partial charge in [0.05, 0.1) is 18.1 Å². The standard InChI is InChI=1S/C23H19ClN2O3/c24-18-8-4-14(5-9-18)13-29-19-3-1-2-15(10-19)12-25-26-22(27)20-16-6-7-17(11-16)21(20)23(26)28/h1-10,12,16-17,20-21H,11,13H2/b25-12-/t16-,17-,20-,21+/m0/s1. The number of amides is 2. The highest BCUT2D eigenvalue weighted by Gasteiger charge is 2.59. The van der Waals surface area contributed by atoms with Crippen LogP contribution in [-0.2, 0) is 16.2 Å². The molecule has 6 heteroatoms. The third-order valence-corrected chi connectivity index (χ3v) is 6.20. The molecule has 1 saturated carbocycles. The summed E-state index contributed by atoms with van der Waals surface area (Å²) in [6.07, 6.45) is 6.61. The van der Waals surface area contributed by atoms with Gasteiger partial charge >= 0.3 is 0 Å². The zero-order chi connectivity index (χ0) is 20.0. The summed E-state index contributed by atoms with van der Waals surface area (Å²) in [5.41, 5.74) is 1.77. The van der Waals surface area contributed by atoms with Crippen LogP contribution in [-0.4, -0.2) is 23.0 Å². The Hall–Kier alpha value is -2.92. The third-order valence-electron chi connectivity index (χ3n) is 5.95. The lowest BCUT2D eigenvalue weighted by Gasteiger charge is -2.13. The van der Waals surface area contributed by atoms with Gasteiger partial charge in [0.2, 0.25) is 0 Å². The van der Waals surface area contributed by atoms with Crippen LogP contribution in [0.4, 0.5) is 0 Å². The number of nitrogens with zero attached hydrogens (tertiary/aromatic N) is 2. The molecule has 1 heterocycles. The Morgan fingerprint density at radius 2 is 1.72 bits per heavy atom. The van der Waals surface area contributed by atoms with Crippen molar-refractivity contribution in [3.63, 3.8) is 0 Å². The molecule has 2 fully saturated rings. The molecule has 0 aromatic heterocycles. The van der Waals surface area contributed by atoms with Crippen LogP contribution in [0.25, 0.3) is 0 Å². The smallest absolute Gasteiger partial charge is 0.254 e. The van der Waals surface area contributed by atoms with Crippen LogP contribution in [0.5, 0.6) is 5.75 Å². The lowest BCUT2D eigenvalue weighted by Crippen LogP contribution is -2.28. The van der Waals surface area contributed by atoms with Gasteiger partial charge in [-0.3, -0.25) is 9.59 Å². The van der Waals surface area contributed by atoms with Gasteiger partial charge in [-0.2, -0.15) is 10.1 Å². The Labute approximate surface area is 173 Å². The molecule has 5 rings (SSSR count). The number of ether oxygens (including phenoxy) is 1. The van der Waals surface area contributed by atoms with Gasteiger partial charge in [-0.25, -0.2) is 0 Å². The maximum absolute atomic E-state index is 12.7. The number of imide groups is 1. The summed E-state index contributed by atoms with van der Waals surface area (Å²) in [6.45, 7) is 0.417. The fourth-order valence-corrected chi connectivity index (χ4v) is 4.68. The summed E-state index contributed by atoms with van der Waals surface area (Å²) < 4.78 is 5.82. The first-order valence-electron chi connectivity index (χ1n) is 9.67. The molecule has 0 N–H and O–H groups in total. The average molecular weight is 407 g/mol. The average Bonchev–Trinajstić information content (AvgIpc) is 3.41. The first kappa shape index (κ1) is 18.1. The molecule has 4 atom stereocenters. The van der Waals surface area contributed by atoms with E-state index in [1.165, 1.54) is 0 Å². The van der Waals surface area contributed by atoms with Crippen LogP contribution in [0.3, 0.4) is 0 Å². The Balaban J connectivity index is 1.27. The molecular weight excluding hydrogens is 388 g/mol. The van der Waals surface area contributed by atoms with E-state index in [-0.39, 0.29) is 35.5 Å². The number of allylic oxidation sites excluding steroid dienone is 2. The maximum Gasteiger partial charge on any atom is 0.254 e. The Morgan fingerprint density at radius 1 is 1.03 bits per heavy atom. The number of hydrogen-bond acceptors (Lipinski definition) is 4. The van der Waals surface area contributed by atoms with E-state index in [0.29, 0.717) is 17.4 Å². The van der Waals surface area contributed by atoms with E-state index in [2.05, 4.69) is 17.3 Å². The first-order chi connectivity index (χ1) is 14.1. The number of rotatable bonds is 5. The van der Waals surface area contributed by atoms with Crippen molar-refractivity contribution in [2.24, 2.45) is 28.8 Å². The van der Waals surface area contributed by atoms with E-state index in [9.17, 15) is 9.59 Å². The van der Waals surface area contributed by atoms with E-state index < -0.39 is 0 Å². The third kappa shape index (κ3) is 3.25. The second-order valence-corrected chi connectivity index (χ2v) is 8.16. The zero-order valence-electron chi connectivity index (χ0n) is 15.6. The normalized spacial score (nSPS) is 27.3. The van der Waals surface area contributed by atoms with Gasteiger partial charge in [0.1, 0.15) is 12.4 Å². The van der Waals surface area contributed by atoms with Crippen molar-refractivity contribution < 1.29 is 14.3 Å². The predicted molar refractivity (Wildman–Crippen MR) is 109 cm³/mol. The highest BCUT2D eigenvalue weighted by Crippen LogP contribution is 2.52. The van der Waals surface area contributed by atoms with Crippen molar-refractivity contribution in [3.8, 4) is 5.75 Å². The molecule has 5 nitrogen and oxygen atoms in total. The second-order valence-electron chi connectivity index (χ2n) is 7.72. The van der Waals surface area contributed by atoms with E-state index in [1.54, 1.807) is 6.21 Å². The number of hydrogen-bond donors (Lipinski definition) is 0. The maximum atomic E-state index is 12.7. The number of fused-ring (bicyclic) bond motifs is 5. The van der Waals surface area contributed by atoms with Gasteiger partial charge < -0.3 is 4.74 Å². The van der Waals surface area contributed by atoms with Crippen LogP contribution in [0.2, 0.25) is 5.02 Å². The number of halogens is 1. The zero-order valence-corrected chi connectivity index (χ0v) is 16.3. The van der Waals surface area contributed by atoms with Crippen LogP contribution in [0.1, 0.15) is 17.5 Å². The van der Waals surface area contributed by atoms with Crippen LogP contribution in [0, 0.1) is 23.7 Å². The second kappa shape index (κ2) is 7.16. The van der Waals surface area contributed by atoms with Crippen LogP contribution < -0.4 is 4.74 Å². The van der Waals surface area contributed by atoms with Crippen LogP contribution >= 0.6 is 11.6 Å². The lowest BCUT2D eigenvalue weighted by atomic mass is 9.85. The highest BCUT2D eigenvalue weighted by atomic mass is 35.5. The monoisotopic (exact) mass is 406 g/mol. The summed E-state index contributed by atoms with van der Waals surface area (Å²) in [5.74, 6) is 0.235. The van der Waals surface area contributed by atoms with Crippen molar-refractivity contribution in [2.75, 3.05) is 0 Å². The van der Waals surface area contributed by atoms with Crippen molar-refractivity contribution in [1.29, 1.82) is 0 Å². The summed E-state index contributed by atoms with van der Waals surface area (Å²) in [5, 5.41) is 5.96. The number of hydrazone groups is 1. The molecule has 146 valence electrons. The Bertz CT molecular complexity index is 1000. The quantitative estimate of drug-likeness (QED) is 0.427. The number of carbonyl (C=O) groups is 2. The Kier molecular flexibility index (Phi) is 4.47. The molecular formula is C23H19ClN2O3. The first-order valence-corrected chi connectivity index (χ1v) is 10.1. The van der Waals surface area contributed by atoms with Crippen molar-refractivity contribution in [2.45, 2.75) is 13.0 Å². The Morgan fingerprint density at radius 3 is 2.41 bits per heavy atom. The molecule has 2 aromatic carbocycles. The van der Waals surface area contributed by atoms with E-state index in [0.717, 1.165) is 22.6 Å². The highest BCUT2D eigenvalue weighted by molar-refractivity contribution is 6.30. The lowest BCUT2D eigenvalue weighted by molar-refractivity contribution is -0.140. The van der Waals surface area contributed by atoms with Crippen LogP contribution in [0.15, 0.2) is 65.8 Å². The molecule has 29 heavy (non-hydrogen) atoms. The van der Waals surface area contributed by atoms with Gasteiger partial charge in [0.15, 0.2) is 0 Å². The molecule has 1 aliphatic heterocycles. The fraction of sp³-hybridized carbons (Fsp3) is 0.261. The fourth-order valence-electron chi connectivity index (χ4n) is 4.56. The molecule has 0 radical (unpaired) electrons. The van der Waals surface area contributed by atoms with Gasteiger partial charge in [0.25, 0.3) is 11.8 Å². The minimum Gasteiger partial charge on any atom is -0.489 e. The van der Waals surface area contributed by atoms with Gasteiger partial charge in [0, 0.05) is 5.02 Å². The molecule has 2 amide bonds. The molecule has 3 aliphatic rings. The summed E-state index contributed by atoms with van der Waals surface area (Å²) in [4.78, 5) is 25.4. The topological polar surface area (TPSA) is 59.0 Å².